The predicted molar refractivity (Wildman–Crippen MR) is 144 cm³/mol. The van der Waals surface area contributed by atoms with Crippen LogP contribution < -0.4 is 14.4 Å². The second-order valence-corrected chi connectivity index (χ2v) is 9.09. The molecule has 2 amide bonds. The summed E-state index contributed by atoms with van der Waals surface area (Å²) in [4.78, 5) is 30.0. The standard InChI is InChI=1S/C30H34N2O6/c1-5-37-29(33)31(19-22-12-8-6-9-13-22)25-16-21(2)32(30(34)38-20-23-14-10-7-11-15-23)26-18-28(36-4)27(35-3)17-24(25)26/h6-15,17-18,21,25H,5,16,19-20H2,1-4H3/t21-,25+/m1/s1. The van der Waals surface area contributed by atoms with E-state index >= 15 is 0 Å². The van der Waals surface area contributed by atoms with E-state index in [2.05, 4.69) is 0 Å². The summed E-state index contributed by atoms with van der Waals surface area (Å²) in [5.74, 6) is 0.984. The van der Waals surface area contributed by atoms with Crippen molar-refractivity contribution in [2.75, 3.05) is 25.7 Å². The Morgan fingerprint density at radius 1 is 0.895 bits per heavy atom. The van der Waals surface area contributed by atoms with Crippen molar-refractivity contribution >= 4 is 17.9 Å². The average molecular weight is 519 g/mol. The quantitative estimate of drug-likeness (QED) is 0.346. The number of carbonyl (C=O) groups excluding carboxylic acids is 2. The molecule has 0 spiro atoms. The van der Waals surface area contributed by atoms with Gasteiger partial charge in [-0.25, -0.2) is 9.59 Å². The minimum Gasteiger partial charge on any atom is -0.493 e. The first-order valence-electron chi connectivity index (χ1n) is 12.7. The average Bonchev–Trinajstić information content (AvgIpc) is 2.94. The Labute approximate surface area is 223 Å². The van der Waals surface area contributed by atoms with E-state index in [9.17, 15) is 9.59 Å². The smallest absolute Gasteiger partial charge is 0.414 e. The molecule has 38 heavy (non-hydrogen) atoms. The molecule has 0 unspecified atom stereocenters. The number of rotatable bonds is 8. The lowest BCUT2D eigenvalue weighted by Gasteiger charge is -2.42. The van der Waals surface area contributed by atoms with Crippen LogP contribution in [0.5, 0.6) is 11.5 Å². The number of anilines is 1. The number of carbonyl (C=O) groups is 2. The highest BCUT2D eigenvalue weighted by molar-refractivity contribution is 5.91. The van der Waals surface area contributed by atoms with Crippen LogP contribution >= 0.6 is 0 Å². The summed E-state index contributed by atoms with van der Waals surface area (Å²) < 4.78 is 22.3. The molecule has 0 radical (unpaired) electrons. The number of hydrogen-bond donors (Lipinski definition) is 0. The Morgan fingerprint density at radius 3 is 2.11 bits per heavy atom. The van der Waals surface area contributed by atoms with E-state index in [1.54, 1.807) is 37.0 Å². The van der Waals surface area contributed by atoms with E-state index in [1.807, 2.05) is 73.7 Å². The largest absolute Gasteiger partial charge is 0.493 e. The van der Waals surface area contributed by atoms with Crippen LogP contribution in [-0.2, 0) is 22.6 Å². The monoisotopic (exact) mass is 518 g/mol. The van der Waals surface area contributed by atoms with Gasteiger partial charge in [0.05, 0.1) is 32.6 Å². The number of methoxy groups -OCH3 is 2. The van der Waals surface area contributed by atoms with Crippen molar-refractivity contribution in [3.8, 4) is 11.5 Å². The molecule has 3 aromatic carbocycles. The molecule has 0 saturated heterocycles. The molecule has 0 bridgehead atoms. The number of hydrogen-bond acceptors (Lipinski definition) is 6. The lowest BCUT2D eigenvalue weighted by atomic mass is 9.90. The second kappa shape index (κ2) is 12.4. The van der Waals surface area contributed by atoms with Crippen molar-refractivity contribution in [2.45, 2.75) is 45.5 Å². The summed E-state index contributed by atoms with van der Waals surface area (Å²) in [6, 6.07) is 22.2. The minimum atomic E-state index is -0.473. The SMILES string of the molecule is CCOC(=O)N(Cc1ccccc1)[C@H]1C[C@@H](C)N(C(=O)OCc2ccccc2)c2cc(OC)c(OC)cc21. The maximum atomic E-state index is 13.4. The normalized spacial score (nSPS) is 16.3. The summed E-state index contributed by atoms with van der Waals surface area (Å²) in [6.45, 7) is 4.49. The van der Waals surface area contributed by atoms with Gasteiger partial charge in [0.2, 0.25) is 0 Å². The molecule has 0 N–H and O–H groups in total. The summed E-state index contributed by atoms with van der Waals surface area (Å²) in [5, 5.41) is 0. The van der Waals surface area contributed by atoms with Crippen LogP contribution in [0.3, 0.4) is 0 Å². The highest BCUT2D eigenvalue weighted by Gasteiger charge is 2.40. The fourth-order valence-electron chi connectivity index (χ4n) is 4.80. The van der Waals surface area contributed by atoms with Gasteiger partial charge in [0, 0.05) is 24.2 Å². The zero-order valence-corrected chi connectivity index (χ0v) is 22.3. The summed E-state index contributed by atoms with van der Waals surface area (Å²) in [6.07, 6.45) is -0.414. The lowest BCUT2D eigenvalue weighted by Crippen LogP contribution is -2.47. The van der Waals surface area contributed by atoms with Gasteiger partial charge in [-0.2, -0.15) is 0 Å². The molecular formula is C30H34N2O6. The van der Waals surface area contributed by atoms with E-state index in [-0.39, 0.29) is 25.3 Å². The van der Waals surface area contributed by atoms with E-state index in [0.29, 0.717) is 30.2 Å². The van der Waals surface area contributed by atoms with Gasteiger partial charge < -0.3 is 18.9 Å². The second-order valence-electron chi connectivity index (χ2n) is 9.09. The summed E-state index contributed by atoms with van der Waals surface area (Å²) in [5.41, 5.74) is 3.22. The van der Waals surface area contributed by atoms with E-state index in [0.717, 1.165) is 16.7 Å². The number of amides is 2. The molecule has 0 aromatic heterocycles. The van der Waals surface area contributed by atoms with Crippen molar-refractivity contribution in [3.05, 3.63) is 89.5 Å². The van der Waals surface area contributed by atoms with Gasteiger partial charge in [-0.1, -0.05) is 60.7 Å². The third-order valence-corrected chi connectivity index (χ3v) is 6.63. The molecule has 8 nitrogen and oxygen atoms in total. The predicted octanol–water partition coefficient (Wildman–Crippen LogP) is 6.34. The van der Waals surface area contributed by atoms with Crippen molar-refractivity contribution < 1.29 is 28.5 Å². The Morgan fingerprint density at radius 2 is 1.50 bits per heavy atom. The molecule has 1 aliphatic heterocycles. The minimum absolute atomic E-state index is 0.151. The Kier molecular flexibility index (Phi) is 8.73. The molecule has 200 valence electrons. The highest BCUT2D eigenvalue weighted by atomic mass is 16.6. The Balaban J connectivity index is 1.74. The molecular weight excluding hydrogens is 484 g/mol. The third-order valence-electron chi connectivity index (χ3n) is 6.63. The first-order chi connectivity index (χ1) is 18.5. The Bertz CT molecular complexity index is 1230. The molecule has 0 fully saturated rings. The van der Waals surface area contributed by atoms with Gasteiger partial charge in [0.25, 0.3) is 0 Å². The molecule has 2 atom stereocenters. The van der Waals surface area contributed by atoms with Crippen molar-refractivity contribution in [2.24, 2.45) is 0 Å². The molecule has 0 aliphatic carbocycles. The van der Waals surface area contributed by atoms with Gasteiger partial charge in [-0.05, 0) is 37.5 Å². The number of nitrogens with zero attached hydrogens (tertiary/aromatic N) is 2. The van der Waals surface area contributed by atoms with Crippen molar-refractivity contribution in [1.82, 2.24) is 4.90 Å². The highest BCUT2D eigenvalue weighted by Crippen LogP contribution is 2.46. The van der Waals surface area contributed by atoms with Crippen LogP contribution in [0.15, 0.2) is 72.8 Å². The molecule has 4 rings (SSSR count). The zero-order chi connectivity index (χ0) is 27.1. The van der Waals surface area contributed by atoms with Crippen LogP contribution in [0.4, 0.5) is 15.3 Å². The lowest BCUT2D eigenvalue weighted by molar-refractivity contribution is 0.0807. The third kappa shape index (κ3) is 5.85. The molecule has 3 aromatic rings. The van der Waals surface area contributed by atoms with Crippen LogP contribution in [0.1, 0.15) is 43.0 Å². The Hall–Kier alpha value is -4.20. The fourth-order valence-corrected chi connectivity index (χ4v) is 4.80. The van der Waals surface area contributed by atoms with E-state index < -0.39 is 12.2 Å². The van der Waals surface area contributed by atoms with Crippen LogP contribution in [0.2, 0.25) is 0 Å². The molecule has 0 saturated carbocycles. The first-order valence-corrected chi connectivity index (χ1v) is 12.7. The van der Waals surface area contributed by atoms with Crippen LogP contribution in [0, 0.1) is 0 Å². The zero-order valence-electron chi connectivity index (χ0n) is 22.3. The van der Waals surface area contributed by atoms with Gasteiger partial charge in [-0.3, -0.25) is 9.80 Å². The van der Waals surface area contributed by atoms with E-state index in [1.165, 1.54) is 0 Å². The van der Waals surface area contributed by atoms with Gasteiger partial charge in [0.1, 0.15) is 6.61 Å². The summed E-state index contributed by atoms with van der Waals surface area (Å²) >= 11 is 0. The first kappa shape index (κ1) is 26.9. The van der Waals surface area contributed by atoms with Crippen molar-refractivity contribution in [3.63, 3.8) is 0 Å². The van der Waals surface area contributed by atoms with Crippen molar-refractivity contribution in [1.29, 1.82) is 0 Å². The van der Waals surface area contributed by atoms with Gasteiger partial charge in [0.15, 0.2) is 11.5 Å². The molecule has 1 aliphatic rings. The number of ether oxygens (including phenoxy) is 4. The van der Waals surface area contributed by atoms with Gasteiger partial charge >= 0.3 is 12.2 Å². The maximum absolute atomic E-state index is 13.4. The molecule has 1 heterocycles. The number of benzene rings is 3. The number of fused-ring (bicyclic) bond motifs is 1. The maximum Gasteiger partial charge on any atom is 0.414 e. The van der Waals surface area contributed by atoms with Crippen LogP contribution in [0.25, 0.3) is 0 Å². The topological polar surface area (TPSA) is 77.5 Å². The summed E-state index contributed by atoms with van der Waals surface area (Å²) in [7, 11) is 3.11. The van der Waals surface area contributed by atoms with E-state index in [4.69, 9.17) is 18.9 Å². The fraction of sp³-hybridized carbons (Fsp3) is 0.333. The van der Waals surface area contributed by atoms with Gasteiger partial charge in [-0.15, -0.1) is 0 Å². The van der Waals surface area contributed by atoms with Crippen LogP contribution in [-0.4, -0.2) is 44.0 Å². The molecule has 8 heteroatoms.